The molecule has 0 N–H and O–H groups in total. The second kappa shape index (κ2) is 3.46. The summed E-state index contributed by atoms with van der Waals surface area (Å²) in [5.41, 5.74) is 1.50. The predicted octanol–water partition coefficient (Wildman–Crippen LogP) is 2.28. The van der Waals surface area contributed by atoms with E-state index in [4.69, 9.17) is 16.9 Å². The van der Waals surface area contributed by atoms with Crippen LogP contribution in [0.5, 0.6) is 0 Å². The lowest BCUT2D eigenvalue weighted by molar-refractivity contribution is 1.13. The van der Waals surface area contributed by atoms with Crippen molar-refractivity contribution < 1.29 is 0 Å². The maximum atomic E-state index is 8.67. The van der Waals surface area contributed by atoms with Crippen molar-refractivity contribution in [3.05, 3.63) is 28.8 Å². The largest absolute Gasteiger partial charge is 0.378 e. The van der Waals surface area contributed by atoms with Gasteiger partial charge >= 0.3 is 0 Å². The van der Waals surface area contributed by atoms with Gasteiger partial charge in [-0.15, -0.1) is 0 Å². The number of anilines is 1. The minimum atomic E-state index is 0.503. The highest BCUT2D eigenvalue weighted by atomic mass is 35.5. The zero-order chi connectivity index (χ0) is 9.14. The molecule has 1 aromatic rings. The lowest BCUT2D eigenvalue weighted by atomic mass is 10.2. The normalized spacial score (nSPS) is 9.17. The van der Waals surface area contributed by atoms with Crippen molar-refractivity contribution in [2.45, 2.75) is 0 Å². The Morgan fingerprint density at radius 1 is 1.42 bits per heavy atom. The number of hydrogen-bond acceptors (Lipinski definition) is 2. The van der Waals surface area contributed by atoms with E-state index < -0.39 is 0 Å². The second-order valence-corrected chi connectivity index (χ2v) is 3.08. The van der Waals surface area contributed by atoms with Gasteiger partial charge in [0.2, 0.25) is 0 Å². The summed E-state index contributed by atoms with van der Waals surface area (Å²) in [5.74, 6) is 0. The first-order valence-corrected chi connectivity index (χ1v) is 3.90. The van der Waals surface area contributed by atoms with Crippen LogP contribution in [0, 0.1) is 11.3 Å². The number of halogens is 1. The Balaban J connectivity index is 3.16. The van der Waals surface area contributed by atoms with Crippen molar-refractivity contribution in [3.63, 3.8) is 0 Å². The van der Waals surface area contributed by atoms with Crippen molar-refractivity contribution in [2.24, 2.45) is 0 Å². The summed E-state index contributed by atoms with van der Waals surface area (Å²) in [5, 5.41) is 9.17. The SMILES string of the molecule is CN(C)c1ccc(Cl)c(C#N)c1. The van der Waals surface area contributed by atoms with Gasteiger partial charge in [0.25, 0.3) is 0 Å². The van der Waals surface area contributed by atoms with Crippen LogP contribution in [0.15, 0.2) is 18.2 Å². The first-order chi connectivity index (χ1) is 5.65. The first kappa shape index (κ1) is 8.89. The van der Waals surface area contributed by atoms with Crippen LogP contribution in [0.4, 0.5) is 5.69 Å². The Kier molecular flexibility index (Phi) is 2.57. The fraction of sp³-hybridized carbons (Fsp3) is 0.222. The molecular formula is C9H9ClN2. The smallest absolute Gasteiger partial charge is 0.101 e. The van der Waals surface area contributed by atoms with Gasteiger partial charge in [-0.25, -0.2) is 0 Å². The maximum absolute atomic E-state index is 8.67. The molecule has 0 fully saturated rings. The molecule has 0 aromatic heterocycles. The molecule has 0 spiro atoms. The van der Waals surface area contributed by atoms with Crippen LogP contribution in [0.1, 0.15) is 5.56 Å². The molecule has 0 unspecified atom stereocenters. The van der Waals surface area contributed by atoms with Gasteiger partial charge in [0.1, 0.15) is 6.07 Å². The minimum Gasteiger partial charge on any atom is -0.378 e. The Labute approximate surface area is 77.0 Å². The number of nitriles is 1. The first-order valence-electron chi connectivity index (χ1n) is 3.52. The molecule has 0 bridgehead atoms. The van der Waals surface area contributed by atoms with E-state index >= 15 is 0 Å². The highest BCUT2D eigenvalue weighted by molar-refractivity contribution is 6.31. The molecule has 0 saturated heterocycles. The Bertz CT molecular complexity index is 326. The van der Waals surface area contributed by atoms with E-state index in [0.717, 1.165) is 5.69 Å². The molecule has 3 heteroatoms. The van der Waals surface area contributed by atoms with E-state index in [1.807, 2.05) is 31.1 Å². The molecule has 0 saturated carbocycles. The summed E-state index contributed by atoms with van der Waals surface area (Å²) < 4.78 is 0. The van der Waals surface area contributed by atoms with Gasteiger partial charge in [0.15, 0.2) is 0 Å². The molecule has 2 nitrogen and oxygen atoms in total. The van der Waals surface area contributed by atoms with Gasteiger partial charge < -0.3 is 4.90 Å². The molecule has 0 radical (unpaired) electrons. The van der Waals surface area contributed by atoms with Crippen LogP contribution >= 0.6 is 11.6 Å². The molecule has 0 heterocycles. The van der Waals surface area contributed by atoms with E-state index in [9.17, 15) is 0 Å². The van der Waals surface area contributed by atoms with Crippen molar-refractivity contribution in [1.29, 1.82) is 5.26 Å². The van der Waals surface area contributed by atoms with E-state index in [1.165, 1.54) is 0 Å². The lowest BCUT2D eigenvalue weighted by Gasteiger charge is -2.12. The van der Waals surface area contributed by atoms with E-state index in [2.05, 4.69) is 0 Å². The summed E-state index contributed by atoms with van der Waals surface area (Å²) in [6.45, 7) is 0. The number of rotatable bonds is 1. The molecule has 0 aliphatic carbocycles. The molecule has 1 aromatic carbocycles. The van der Waals surface area contributed by atoms with Crippen LogP contribution in [0.3, 0.4) is 0 Å². The van der Waals surface area contributed by atoms with Gasteiger partial charge in [0.05, 0.1) is 10.6 Å². The monoisotopic (exact) mass is 180 g/mol. The molecule has 0 atom stereocenters. The van der Waals surface area contributed by atoms with Gasteiger partial charge in [0, 0.05) is 19.8 Å². The van der Waals surface area contributed by atoms with Gasteiger partial charge in [-0.3, -0.25) is 0 Å². The molecule has 1 rings (SSSR count). The van der Waals surface area contributed by atoms with Gasteiger partial charge in [-0.05, 0) is 18.2 Å². The molecule has 0 aliphatic heterocycles. The van der Waals surface area contributed by atoms with Crippen LogP contribution in [-0.4, -0.2) is 14.1 Å². The van der Waals surface area contributed by atoms with E-state index in [1.54, 1.807) is 12.1 Å². The molecular weight excluding hydrogens is 172 g/mol. The Morgan fingerprint density at radius 2 is 2.08 bits per heavy atom. The van der Waals surface area contributed by atoms with Crippen molar-refractivity contribution in [3.8, 4) is 6.07 Å². The van der Waals surface area contributed by atoms with Crippen molar-refractivity contribution in [2.75, 3.05) is 19.0 Å². The summed E-state index contributed by atoms with van der Waals surface area (Å²) in [6, 6.07) is 7.41. The highest BCUT2D eigenvalue weighted by Crippen LogP contribution is 2.20. The summed E-state index contributed by atoms with van der Waals surface area (Å²) in [6.07, 6.45) is 0. The summed E-state index contributed by atoms with van der Waals surface area (Å²) in [7, 11) is 3.84. The van der Waals surface area contributed by atoms with Crippen LogP contribution in [0.2, 0.25) is 5.02 Å². The average Bonchev–Trinajstić information content (AvgIpc) is 2.05. The summed E-state index contributed by atoms with van der Waals surface area (Å²) in [4.78, 5) is 1.93. The van der Waals surface area contributed by atoms with Gasteiger partial charge in [-0.1, -0.05) is 11.6 Å². The second-order valence-electron chi connectivity index (χ2n) is 2.67. The fourth-order valence-electron chi connectivity index (χ4n) is 0.877. The third kappa shape index (κ3) is 1.69. The number of hydrogen-bond donors (Lipinski definition) is 0. The predicted molar refractivity (Wildman–Crippen MR) is 50.5 cm³/mol. The van der Waals surface area contributed by atoms with E-state index in [-0.39, 0.29) is 0 Å². The highest BCUT2D eigenvalue weighted by Gasteiger charge is 2.01. The van der Waals surface area contributed by atoms with E-state index in [0.29, 0.717) is 10.6 Å². The van der Waals surface area contributed by atoms with Crippen LogP contribution in [0.25, 0.3) is 0 Å². The summed E-state index contributed by atoms with van der Waals surface area (Å²) >= 11 is 5.76. The minimum absolute atomic E-state index is 0.503. The molecule has 0 aliphatic rings. The Hall–Kier alpha value is -1.20. The third-order valence-corrected chi connectivity index (χ3v) is 1.92. The molecule has 0 amide bonds. The zero-order valence-corrected chi connectivity index (χ0v) is 7.76. The van der Waals surface area contributed by atoms with Crippen molar-refractivity contribution >= 4 is 17.3 Å². The third-order valence-electron chi connectivity index (χ3n) is 1.59. The molecule has 12 heavy (non-hydrogen) atoms. The Morgan fingerprint density at radius 3 is 2.58 bits per heavy atom. The standard InChI is InChI=1S/C9H9ClN2/c1-12(2)8-3-4-9(10)7(5-8)6-11/h3-5H,1-2H3. The average molecular weight is 181 g/mol. The number of benzene rings is 1. The fourth-order valence-corrected chi connectivity index (χ4v) is 1.04. The molecule has 62 valence electrons. The number of nitrogens with zero attached hydrogens (tertiary/aromatic N) is 2. The maximum Gasteiger partial charge on any atom is 0.101 e. The van der Waals surface area contributed by atoms with Crippen LogP contribution in [-0.2, 0) is 0 Å². The quantitative estimate of drug-likeness (QED) is 0.663. The van der Waals surface area contributed by atoms with Gasteiger partial charge in [-0.2, -0.15) is 5.26 Å². The van der Waals surface area contributed by atoms with Crippen LogP contribution < -0.4 is 4.90 Å². The zero-order valence-electron chi connectivity index (χ0n) is 7.00. The lowest BCUT2D eigenvalue weighted by Crippen LogP contribution is -2.08. The van der Waals surface area contributed by atoms with Crippen molar-refractivity contribution in [1.82, 2.24) is 0 Å². The topological polar surface area (TPSA) is 27.0 Å².